The normalized spacial score (nSPS) is 9.73. The Kier molecular flexibility index (Phi) is 1.30. The van der Waals surface area contributed by atoms with E-state index in [1.54, 1.807) is 11.6 Å². The van der Waals surface area contributed by atoms with Crippen LogP contribution in [0.25, 0.3) is 10.2 Å². The zero-order chi connectivity index (χ0) is 7.68. The lowest BCUT2D eigenvalue weighted by molar-refractivity contribution is 1.23. The van der Waals surface area contributed by atoms with Crippen molar-refractivity contribution in [2.24, 2.45) is 0 Å². The van der Waals surface area contributed by atoms with E-state index >= 15 is 0 Å². The van der Waals surface area contributed by atoms with Crippen LogP contribution in [0.3, 0.4) is 0 Å². The van der Waals surface area contributed by atoms with Crippen molar-refractivity contribution in [1.29, 1.82) is 5.26 Å². The second-order valence-corrected chi connectivity index (χ2v) is 2.86. The predicted molar refractivity (Wildman–Crippen MR) is 42.1 cm³/mol. The zero-order valence-electron chi connectivity index (χ0n) is 5.48. The summed E-state index contributed by atoms with van der Waals surface area (Å²) >= 11 is 1.46. The number of nitriles is 1. The van der Waals surface area contributed by atoms with Crippen molar-refractivity contribution in [3.05, 3.63) is 23.5 Å². The standard InChI is InChI=1S/C7H3N3S/c8-1-5-3-11-7-6(5)2-9-4-10-7/h2-4H. The Morgan fingerprint density at radius 2 is 2.45 bits per heavy atom. The Balaban J connectivity index is 2.89. The van der Waals surface area contributed by atoms with Crippen LogP contribution in [0.5, 0.6) is 0 Å². The van der Waals surface area contributed by atoms with Gasteiger partial charge in [-0.3, -0.25) is 0 Å². The Bertz CT molecular complexity index is 426. The van der Waals surface area contributed by atoms with E-state index in [1.807, 2.05) is 0 Å². The van der Waals surface area contributed by atoms with Gasteiger partial charge >= 0.3 is 0 Å². The Morgan fingerprint density at radius 3 is 3.27 bits per heavy atom. The molecule has 52 valence electrons. The Hall–Kier alpha value is -1.47. The van der Waals surface area contributed by atoms with Crippen LogP contribution < -0.4 is 0 Å². The molecule has 0 spiro atoms. The summed E-state index contributed by atoms with van der Waals surface area (Å²) in [7, 11) is 0. The third-order valence-electron chi connectivity index (χ3n) is 1.37. The highest BCUT2D eigenvalue weighted by molar-refractivity contribution is 7.17. The molecule has 3 nitrogen and oxygen atoms in total. The topological polar surface area (TPSA) is 49.6 Å². The van der Waals surface area contributed by atoms with Crippen LogP contribution in [0.4, 0.5) is 0 Å². The van der Waals surface area contributed by atoms with Crippen molar-refractivity contribution in [3.63, 3.8) is 0 Å². The maximum Gasteiger partial charge on any atom is 0.128 e. The lowest BCUT2D eigenvalue weighted by Gasteiger charge is -1.83. The molecule has 0 radical (unpaired) electrons. The van der Waals surface area contributed by atoms with Gasteiger partial charge in [-0.1, -0.05) is 0 Å². The first-order valence-corrected chi connectivity index (χ1v) is 3.87. The molecular weight excluding hydrogens is 158 g/mol. The number of thiophene rings is 1. The number of rotatable bonds is 0. The van der Waals surface area contributed by atoms with Gasteiger partial charge < -0.3 is 0 Å². The monoisotopic (exact) mass is 161 g/mol. The maximum atomic E-state index is 8.63. The second kappa shape index (κ2) is 2.29. The summed E-state index contributed by atoms with van der Waals surface area (Å²) in [6, 6.07) is 2.08. The van der Waals surface area contributed by atoms with Crippen LogP contribution in [0, 0.1) is 11.3 Å². The third kappa shape index (κ3) is 0.863. The fraction of sp³-hybridized carbons (Fsp3) is 0. The molecule has 2 aromatic heterocycles. The third-order valence-corrected chi connectivity index (χ3v) is 2.28. The summed E-state index contributed by atoms with van der Waals surface area (Å²) in [5.74, 6) is 0. The molecule has 2 heterocycles. The minimum absolute atomic E-state index is 0.658. The summed E-state index contributed by atoms with van der Waals surface area (Å²) in [6.45, 7) is 0. The van der Waals surface area contributed by atoms with E-state index in [0.29, 0.717) is 5.56 Å². The van der Waals surface area contributed by atoms with Crippen molar-refractivity contribution in [2.75, 3.05) is 0 Å². The first-order chi connectivity index (χ1) is 5.42. The first kappa shape index (κ1) is 6.25. The summed E-state index contributed by atoms with van der Waals surface area (Å²) < 4.78 is 0. The van der Waals surface area contributed by atoms with Crippen molar-refractivity contribution in [1.82, 2.24) is 9.97 Å². The molecular formula is C7H3N3S. The van der Waals surface area contributed by atoms with E-state index in [2.05, 4.69) is 16.0 Å². The van der Waals surface area contributed by atoms with Gasteiger partial charge in [-0.05, 0) is 0 Å². The molecule has 0 unspecified atom stereocenters. The van der Waals surface area contributed by atoms with Gasteiger partial charge in [0.25, 0.3) is 0 Å². The quantitative estimate of drug-likeness (QED) is 0.589. The van der Waals surface area contributed by atoms with Crippen molar-refractivity contribution in [2.45, 2.75) is 0 Å². The van der Waals surface area contributed by atoms with Gasteiger partial charge in [0.1, 0.15) is 17.2 Å². The van der Waals surface area contributed by atoms with Gasteiger partial charge in [0.15, 0.2) is 0 Å². The van der Waals surface area contributed by atoms with Crippen molar-refractivity contribution >= 4 is 21.6 Å². The lowest BCUT2D eigenvalue weighted by atomic mass is 10.3. The highest BCUT2D eigenvalue weighted by atomic mass is 32.1. The molecule has 0 aliphatic rings. The molecule has 2 rings (SSSR count). The van der Waals surface area contributed by atoms with Gasteiger partial charge in [0.05, 0.1) is 5.56 Å². The van der Waals surface area contributed by atoms with Gasteiger partial charge in [-0.15, -0.1) is 11.3 Å². The molecule has 0 aliphatic heterocycles. The van der Waals surface area contributed by atoms with Gasteiger partial charge in [-0.25, -0.2) is 9.97 Å². The highest BCUT2D eigenvalue weighted by Gasteiger charge is 2.01. The van der Waals surface area contributed by atoms with Crippen LogP contribution >= 0.6 is 11.3 Å². The van der Waals surface area contributed by atoms with E-state index in [-0.39, 0.29) is 0 Å². The van der Waals surface area contributed by atoms with E-state index < -0.39 is 0 Å². The second-order valence-electron chi connectivity index (χ2n) is 2.00. The van der Waals surface area contributed by atoms with Crippen LogP contribution in [0.2, 0.25) is 0 Å². The molecule has 0 bridgehead atoms. The number of hydrogen-bond donors (Lipinski definition) is 0. The van der Waals surface area contributed by atoms with Crippen LogP contribution in [-0.4, -0.2) is 9.97 Å². The Labute approximate surface area is 67.0 Å². The van der Waals surface area contributed by atoms with E-state index in [4.69, 9.17) is 5.26 Å². The van der Waals surface area contributed by atoms with Crippen LogP contribution in [0.1, 0.15) is 5.56 Å². The SMILES string of the molecule is N#Cc1csc2ncncc12. The fourth-order valence-corrected chi connectivity index (χ4v) is 1.67. The molecule has 4 heteroatoms. The predicted octanol–water partition coefficient (Wildman–Crippen LogP) is 1.56. The number of fused-ring (bicyclic) bond motifs is 1. The number of aromatic nitrogens is 2. The molecule has 0 aliphatic carbocycles. The van der Waals surface area contributed by atoms with E-state index in [9.17, 15) is 0 Å². The largest absolute Gasteiger partial charge is 0.244 e. The van der Waals surface area contributed by atoms with Crippen LogP contribution in [0.15, 0.2) is 17.9 Å². The maximum absolute atomic E-state index is 8.63. The fourth-order valence-electron chi connectivity index (χ4n) is 0.862. The van der Waals surface area contributed by atoms with E-state index in [0.717, 1.165) is 10.2 Å². The molecule has 2 aromatic rings. The smallest absolute Gasteiger partial charge is 0.128 e. The average Bonchev–Trinajstić information content (AvgIpc) is 2.47. The minimum atomic E-state index is 0.658. The Morgan fingerprint density at radius 1 is 1.55 bits per heavy atom. The average molecular weight is 161 g/mol. The van der Waals surface area contributed by atoms with E-state index in [1.165, 1.54) is 17.7 Å². The molecule has 0 atom stereocenters. The molecule has 0 saturated carbocycles. The molecule has 0 saturated heterocycles. The molecule has 0 amide bonds. The van der Waals surface area contributed by atoms with Crippen LogP contribution in [-0.2, 0) is 0 Å². The molecule has 0 N–H and O–H groups in total. The summed E-state index contributed by atoms with van der Waals surface area (Å²) in [6.07, 6.45) is 3.15. The summed E-state index contributed by atoms with van der Waals surface area (Å²) in [5, 5.41) is 11.3. The summed E-state index contributed by atoms with van der Waals surface area (Å²) in [4.78, 5) is 8.72. The minimum Gasteiger partial charge on any atom is -0.244 e. The lowest BCUT2D eigenvalue weighted by Crippen LogP contribution is -1.75. The highest BCUT2D eigenvalue weighted by Crippen LogP contribution is 2.21. The number of nitrogens with zero attached hydrogens (tertiary/aromatic N) is 3. The van der Waals surface area contributed by atoms with Gasteiger partial charge in [-0.2, -0.15) is 5.26 Å². The molecule has 11 heavy (non-hydrogen) atoms. The van der Waals surface area contributed by atoms with Crippen molar-refractivity contribution in [3.8, 4) is 6.07 Å². The first-order valence-electron chi connectivity index (χ1n) is 2.99. The van der Waals surface area contributed by atoms with Crippen molar-refractivity contribution < 1.29 is 0 Å². The molecule has 0 fully saturated rings. The zero-order valence-corrected chi connectivity index (χ0v) is 6.30. The van der Waals surface area contributed by atoms with Gasteiger partial charge in [0, 0.05) is 17.0 Å². The van der Waals surface area contributed by atoms with Gasteiger partial charge in [0.2, 0.25) is 0 Å². The molecule has 0 aromatic carbocycles. The number of hydrogen-bond acceptors (Lipinski definition) is 4. The summed E-state index contributed by atoms with van der Waals surface area (Å²) in [5.41, 5.74) is 0.658.